The van der Waals surface area contributed by atoms with Crippen molar-refractivity contribution >= 4 is 23.1 Å². The minimum Gasteiger partial charge on any atom is -0.409 e. The van der Waals surface area contributed by atoms with Gasteiger partial charge in [-0.25, -0.2) is 0 Å². The van der Waals surface area contributed by atoms with Gasteiger partial charge in [0.25, 0.3) is 0 Å². The first-order valence-electron chi connectivity index (χ1n) is 6.29. The van der Waals surface area contributed by atoms with Gasteiger partial charge in [0, 0.05) is 36.4 Å². The molecule has 0 saturated carbocycles. The summed E-state index contributed by atoms with van der Waals surface area (Å²) in [5, 5.41) is 15.6. The number of hydrogen-bond donors (Lipinski definition) is 3. The number of nitrogens with zero attached hydrogens (tertiary/aromatic N) is 2. The zero-order chi connectivity index (χ0) is 14.0. The number of benzene rings is 1. The first kappa shape index (κ1) is 14.0. The number of nitrogens with two attached hydrogens (primary N) is 1. The van der Waals surface area contributed by atoms with Crippen molar-refractivity contribution in [2.45, 2.75) is 25.9 Å². The average molecular weight is 283 g/mol. The molecule has 104 valence electrons. The number of rotatable bonds is 2. The lowest BCUT2D eigenvalue weighted by molar-refractivity contribution is 0.318. The molecule has 0 amide bonds. The Morgan fingerprint density at radius 1 is 1.42 bits per heavy atom. The fraction of sp³-hybridized carbons (Fsp3) is 0.462. The lowest BCUT2D eigenvalue weighted by Gasteiger charge is -2.37. The Balaban J connectivity index is 2.24. The summed E-state index contributed by atoms with van der Waals surface area (Å²) >= 11 is 6.18. The summed E-state index contributed by atoms with van der Waals surface area (Å²) in [5.74, 6) is 0.0265. The highest BCUT2D eigenvalue weighted by Gasteiger charge is 2.21. The van der Waals surface area contributed by atoms with Gasteiger partial charge in [-0.05, 0) is 32.0 Å². The Morgan fingerprint density at radius 2 is 2.05 bits per heavy atom. The fourth-order valence-electron chi connectivity index (χ4n) is 2.50. The molecule has 6 heteroatoms. The van der Waals surface area contributed by atoms with Crippen LogP contribution in [0.25, 0.3) is 0 Å². The summed E-state index contributed by atoms with van der Waals surface area (Å²) in [6, 6.07) is 6.46. The Hall–Kier alpha value is -1.46. The Morgan fingerprint density at radius 3 is 2.58 bits per heavy atom. The van der Waals surface area contributed by atoms with E-state index >= 15 is 0 Å². The van der Waals surface area contributed by atoms with Crippen LogP contribution in [0.3, 0.4) is 0 Å². The van der Waals surface area contributed by atoms with Gasteiger partial charge in [-0.15, -0.1) is 0 Å². The van der Waals surface area contributed by atoms with Crippen molar-refractivity contribution in [3.63, 3.8) is 0 Å². The maximum atomic E-state index is 8.69. The summed E-state index contributed by atoms with van der Waals surface area (Å²) in [6.45, 7) is 6.19. The molecule has 1 aliphatic rings. The zero-order valence-electron chi connectivity index (χ0n) is 11.1. The van der Waals surface area contributed by atoms with E-state index in [-0.39, 0.29) is 5.84 Å². The number of hydrogen-bond acceptors (Lipinski definition) is 4. The Kier molecular flexibility index (Phi) is 4.17. The van der Waals surface area contributed by atoms with E-state index in [2.05, 4.69) is 29.2 Å². The van der Waals surface area contributed by atoms with Crippen LogP contribution in [0.15, 0.2) is 23.4 Å². The molecule has 1 heterocycles. The van der Waals surface area contributed by atoms with Crippen LogP contribution >= 0.6 is 11.6 Å². The molecular weight excluding hydrogens is 264 g/mol. The highest BCUT2D eigenvalue weighted by Crippen LogP contribution is 2.25. The summed E-state index contributed by atoms with van der Waals surface area (Å²) in [5.41, 5.74) is 7.16. The number of halogens is 1. The van der Waals surface area contributed by atoms with Gasteiger partial charge < -0.3 is 21.2 Å². The fourth-order valence-corrected chi connectivity index (χ4v) is 2.77. The van der Waals surface area contributed by atoms with Crippen molar-refractivity contribution in [1.82, 2.24) is 5.32 Å². The standard InChI is InChI=1S/C13H19ClN4O/c1-8-6-18(7-9(2)16-8)10-3-4-11(12(14)5-10)13(15)17-19/h3-5,8-9,16,19H,6-7H2,1-2H3,(H2,15,17). The van der Waals surface area contributed by atoms with Crippen molar-refractivity contribution in [3.05, 3.63) is 28.8 Å². The number of oxime groups is 1. The van der Waals surface area contributed by atoms with E-state index in [0.29, 0.717) is 22.7 Å². The molecule has 19 heavy (non-hydrogen) atoms. The van der Waals surface area contributed by atoms with Gasteiger partial charge in [0.2, 0.25) is 0 Å². The van der Waals surface area contributed by atoms with Gasteiger partial charge >= 0.3 is 0 Å². The van der Waals surface area contributed by atoms with E-state index in [9.17, 15) is 0 Å². The third kappa shape index (κ3) is 3.11. The maximum Gasteiger partial charge on any atom is 0.171 e. The summed E-state index contributed by atoms with van der Waals surface area (Å²) in [7, 11) is 0. The lowest BCUT2D eigenvalue weighted by atomic mass is 10.1. The molecule has 2 atom stereocenters. The molecule has 4 N–H and O–H groups in total. The van der Waals surface area contributed by atoms with Crippen LogP contribution in [0, 0.1) is 0 Å². The largest absolute Gasteiger partial charge is 0.409 e. The van der Waals surface area contributed by atoms with E-state index in [1.165, 1.54) is 0 Å². The van der Waals surface area contributed by atoms with Crippen molar-refractivity contribution in [2.75, 3.05) is 18.0 Å². The molecule has 0 aliphatic carbocycles. The smallest absolute Gasteiger partial charge is 0.171 e. The highest BCUT2D eigenvalue weighted by molar-refractivity contribution is 6.34. The van der Waals surface area contributed by atoms with E-state index in [4.69, 9.17) is 22.5 Å². The molecular formula is C13H19ClN4O. The van der Waals surface area contributed by atoms with E-state index in [1.54, 1.807) is 6.07 Å². The topological polar surface area (TPSA) is 73.9 Å². The third-order valence-electron chi connectivity index (χ3n) is 3.26. The Bertz CT molecular complexity index is 482. The van der Waals surface area contributed by atoms with Crippen LogP contribution in [-0.4, -0.2) is 36.2 Å². The van der Waals surface area contributed by atoms with Gasteiger partial charge in [0.05, 0.1) is 5.02 Å². The van der Waals surface area contributed by atoms with E-state index in [1.807, 2.05) is 12.1 Å². The predicted octanol–water partition coefficient (Wildman–Crippen LogP) is 1.62. The molecule has 0 bridgehead atoms. The van der Waals surface area contributed by atoms with Gasteiger partial charge in [-0.3, -0.25) is 0 Å². The van der Waals surface area contributed by atoms with Crippen LogP contribution in [0.5, 0.6) is 0 Å². The Labute approximate surface area is 118 Å². The van der Waals surface area contributed by atoms with Crippen molar-refractivity contribution in [2.24, 2.45) is 10.9 Å². The number of nitrogens with one attached hydrogen (secondary N) is 1. The second kappa shape index (κ2) is 5.67. The minimum absolute atomic E-state index is 0.0265. The van der Waals surface area contributed by atoms with Gasteiger partial charge in [-0.1, -0.05) is 16.8 Å². The highest BCUT2D eigenvalue weighted by atomic mass is 35.5. The van der Waals surface area contributed by atoms with E-state index in [0.717, 1.165) is 18.8 Å². The first-order chi connectivity index (χ1) is 9.01. The summed E-state index contributed by atoms with van der Waals surface area (Å²) in [4.78, 5) is 2.29. The SMILES string of the molecule is CC1CN(c2ccc(/C(N)=N/O)c(Cl)c2)CC(C)N1. The van der Waals surface area contributed by atoms with Crippen LogP contribution in [0.2, 0.25) is 5.02 Å². The van der Waals surface area contributed by atoms with Crippen LogP contribution in [0.1, 0.15) is 19.4 Å². The van der Waals surface area contributed by atoms with Crippen molar-refractivity contribution < 1.29 is 5.21 Å². The zero-order valence-corrected chi connectivity index (χ0v) is 11.9. The van der Waals surface area contributed by atoms with Gasteiger partial charge in [0.1, 0.15) is 0 Å². The number of amidine groups is 1. The number of piperazine rings is 1. The average Bonchev–Trinajstić information content (AvgIpc) is 2.36. The molecule has 1 saturated heterocycles. The van der Waals surface area contributed by atoms with Crippen LogP contribution < -0.4 is 16.0 Å². The van der Waals surface area contributed by atoms with Gasteiger partial charge in [0.15, 0.2) is 5.84 Å². The number of anilines is 1. The predicted molar refractivity (Wildman–Crippen MR) is 78.2 cm³/mol. The van der Waals surface area contributed by atoms with Crippen molar-refractivity contribution in [3.8, 4) is 0 Å². The second-order valence-electron chi connectivity index (χ2n) is 5.02. The molecule has 2 unspecified atom stereocenters. The molecule has 5 nitrogen and oxygen atoms in total. The molecule has 1 fully saturated rings. The van der Waals surface area contributed by atoms with Gasteiger partial charge in [-0.2, -0.15) is 0 Å². The normalized spacial score (nSPS) is 24.6. The minimum atomic E-state index is 0.0265. The van der Waals surface area contributed by atoms with E-state index < -0.39 is 0 Å². The lowest BCUT2D eigenvalue weighted by Crippen LogP contribution is -2.54. The quantitative estimate of drug-likeness (QED) is 0.334. The molecule has 1 aromatic carbocycles. The monoisotopic (exact) mass is 282 g/mol. The summed E-state index contributed by atoms with van der Waals surface area (Å²) < 4.78 is 0. The molecule has 0 spiro atoms. The first-order valence-corrected chi connectivity index (χ1v) is 6.67. The molecule has 1 aromatic rings. The summed E-state index contributed by atoms with van der Waals surface area (Å²) in [6.07, 6.45) is 0. The van der Waals surface area contributed by atoms with Crippen LogP contribution in [-0.2, 0) is 0 Å². The van der Waals surface area contributed by atoms with Crippen LogP contribution in [0.4, 0.5) is 5.69 Å². The second-order valence-corrected chi connectivity index (χ2v) is 5.43. The third-order valence-corrected chi connectivity index (χ3v) is 3.57. The molecule has 2 rings (SSSR count). The molecule has 0 aromatic heterocycles. The molecule has 0 radical (unpaired) electrons. The molecule has 1 aliphatic heterocycles. The maximum absolute atomic E-state index is 8.69. The van der Waals surface area contributed by atoms with Crippen molar-refractivity contribution in [1.29, 1.82) is 0 Å².